The Kier molecular flexibility index (Phi) is 7.65. The first-order valence-electron chi connectivity index (χ1n) is 11.1. The Morgan fingerprint density at radius 2 is 1.66 bits per heavy atom. The van der Waals surface area contributed by atoms with Crippen LogP contribution in [0.1, 0.15) is 66.7 Å². The lowest BCUT2D eigenvalue weighted by Crippen LogP contribution is -2.26. The van der Waals surface area contributed by atoms with Crippen molar-refractivity contribution in [1.29, 1.82) is 0 Å². The molecule has 0 saturated heterocycles. The largest absolute Gasteiger partial charge is 0.313 e. The number of benzene rings is 1. The number of carbonyl (C=O) groups is 1. The number of ketones is 1. The minimum absolute atomic E-state index is 0.0926. The smallest absolute Gasteiger partial charge is 0.210 e. The van der Waals surface area contributed by atoms with Crippen LogP contribution in [0.25, 0.3) is 5.52 Å². The normalized spacial score (nSPS) is 11.4. The molecule has 0 spiro atoms. The zero-order valence-corrected chi connectivity index (χ0v) is 18.2. The summed E-state index contributed by atoms with van der Waals surface area (Å²) in [6.45, 7) is 10.1. The van der Waals surface area contributed by atoms with E-state index in [1.54, 1.807) is 0 Å². The maximum absolute atomic E-state index is 13.1. The highest BCUT2D eigenvalue weighted by atomic mass is 16.1. The lowest BCUT2D eigenvalue weighted by atomic mass is 10.0. The zero-order valence-electron chi connectivity index (χ0n) is 18.2. The monoisotopic (exact) mass is 390 g/mol. The Morgan fingerprint density at radius 1 is 0.931 bits per heavy atom. The quantitative estimate of drug-likeness (QED) is 0.300. The van der Waals surface area contributed by atoms with Crippen molar-refractivity contribution in [2.24, 2.45) is 0 Å². The van der Waals surface area contributed by atoms with E-state index >= 15 is 0 Å². The van der Waals surface area contributed by atoms with Crippen LogP contribution in [0.15, 0.2) is 54.7 Å². The number of hydrogen-bond acceptors (Lipinski definition) is 2. The van der Waals surface area contributed by atoms with Crippen LogP contribution in [0.3, 0.4) is 0 Å². The third-order valence-electron chi connectivity index (χ3n) is 5.57. The Balaban J connectivity index is 1.58. The van der Waals surface area contributed by atoms with Gasteiger partial charge in [-0.25, -0.2) is 0 Å². The van der Waals surface area contributed by atoms with Crippen molar-refractivity contribution in [3.63, 3.8) is 0 Å². The van der Waals surface area contributed by atoms with Gasteiger partial charge in [0.25, 0.3) is 0 Å². The Bertz CT molecular complexity index is 918. The first-order chi connectivity index (χ1) is 14.1. The van der Waals surface area contributed by atoms with Crippen molar-refractivity contribution in [2.75, 3.05) is 19.6 Å². The number of pyridine rings is 1. The van der Waals surface area contributed by atoms with Gasteiger partial charge in [-0.2, -0.15) is 0 Å². The molecule has 0 aliphatic rings. The molecule has 0 aliphatic carbocycles. The molecule has 2 heterocycles. The number of unbranched alkanes of at least 4 members (excludes halogenated alkanes) is 1. The molecule has 0 radical (unpaired) electrons. The molecular weight excluding hydrogens is 356 g/mol. The van der Waals surface area contributed by atoms with Crippen molar-refractivity contribution >= 4 is 11.3 Å². The van der Waals surface area contributed by atoms with Crippen LogP contribution >= 0.6 is 0 Å². The standard InChI is InChI=1S/C26H34N2O/c1-4-16-27(17-5-2)18-8-6-10-22-12-14-23(15-13-22)26(29)25-21(3)20-24-11-7-9-19-28(24)25/h7,9,11-15,19-20H,4-6,8,10,16-18H2,1-3H3. The third kappa shape index (κ3) is 5.36. The molecular formula is C26H34N2O. The van der Waals surface area contributed by atoms with E-state index < -0.39 is 0 Å². The van der Waals surface area contributed by atoms with E-state index in [0.717, 1.165) is 28.8 Å². The predicted molar refractivity (Wildman–Crippen MR) is 122 cm³/mol. The van der Waals surface area contributed by atoms with E-state index in [1.807, 2.05) is 47.9 Å². The Morgan fingerprint density at radius 3 is 2.34 bits per heavy atom. The molecule has 0 atom stereocenters. The highest BCUT2D eigenvalue weighted by Crippen LogP contribution is 2.20. The second-order valence-electron chi connectivity index (χ2n) is 8.00. The summed E-state index contributed by atoms with van der Waals surface area (Å²) in [5.41, 5.74) is 4.92. The van der Waals surface area contributed by atoms with E-state index in [-0.39, 0.29) is 5.78 Å². The molecule has 3 heteroatoms. The second kappa shape index (κ2) is 10.4. The summed E-state index contributed by atoms with van der Waals surface area (Å²) < 4.78 is 1.99. The van der Waals surface area contributed by atoms with Gasteiger partial charge >= 0.3 is 0 Å². The maximum atomic E-state index is 13.1. The van der Waals surface area contributed by atoms with Gasteiger partial charge in [0.15, 0.2) is 0 Å². The van der Waals surface area contributed by atoms with E-state index in [9.17, 15) is 4.79 Å². The summed E-state index contributed by atoms with van der Waals surface area (Å²) in [7, 11) is 0. The lowest BCUT2D eigenvalue weighted by molar-refractivity contribution is 0.103. The van der Waals surface area contributed by atoms with Crippen molar-refractivity contribution in [3.8, 4) is 0 Å². The fraction of sp³-hybridized carbons (Fsp3) is 0.423. The summed E-state index contributed by atoms with van der Waals surface area (Å²) >= 11 is 0. The van der Waals surface area contributed by atoms with Crippen molar-refractivity contribution in [3.05, 3.63) is 77.1 Å². The number of carbonyl (C=O) groups excluding carboxylic acids is 1. The molecule has 0 aliphatic heterocycles. The SMILES string of the molecule is CCCN(CCC)CCCCc1ccc(C(=O)c2c(C)cc3ccccn23)cc1. The number of aryl methyl sites for hydroxylation is 2. The number of rotatable bonds is 11. The average molecular weight is 391 g/mol. The number of aromatic nitrogens is 1. The minimum atomic E-state index is 0.0926. The van der Waals surface area contributed by atoms with Crippen LogP contribution in [0, 0.1) is 6.92 Å². The Labute approximate surface area is 175 Å². The first-order valence-corrected chi connectivity index (χ1v) is 11.1. The molecule has 0 N–H and O–H groups in total. The molecule has 3 nitrogen and oxygen atoms in total. The molecule has 1 aromatic carbocycles. The molecule has 0 saturated carbocycles. The summed E-state index contributed by atoms with van der Waals surface area (Å²) in [5, 5.41) is 0. The highest BCUT2D eigenvalue weighted by molar-refractivity contribution is 6.09. The van der Waals surface area contributed by atoms with Gasteiger partial charge in [0.1, 0.15) is 0 Å². The zero-order chi connectivity index (χ0) is 20.6. The van der Waals surface area contributed by atoms with Gasteiger partial charge in [0, 0.05) is 17.3 Å². The lowest BCUT2D eigenvalue weighted by Gasteiger charge is -2.20. The van der Waals surface area contributed by atoms with Crippen LogP contribution in [0.5, 0.6) is 0 Å². The number of fused-ring (bicyclic) bond motifs is 1. The van der Waals surface area contributed by atoms with Gasteiger partial charge in [0.2, 0.25) is 5.78 Å². The highest BCUT2D eigenvalue weighted by Gasteiger charge is 2.16. The average Bonchev–Trinajstić information content (AvgIpc) is 3.07. The van der Waals surface area contributed by atoms with Crippen molar-refractivity contribution < 1.29 is 4.79 Å². The van der Waals surface area contributed by atoms with Gasteiger partial charge in [-0.1, -0.05) is 44.2 Å². The third-order valence-corrected chi connectivity index (χ3v) is 5.57. The summed E-state index contributed by atoms with van der Waals surface area (Å²) in [6.07, 6.45) is 7.92. The number of nitrogens with zero attached hydrogens (tertiary/aromatic N) is 2. The van der Waals surface area contributed by atoms with Crippen LogP contribution in [-0.2, 0) is 6.42 Å². The van der Waals surface area contributed by atoms with E-state index in [4.69, 9.17) is 0 Å². The number of hydrogen-bond donors (Lipinski definition) is 0. The summed E-state index contributed by atoms with van der Waals surface area (Å²) in [5.74, 6) is 0.0926. The molecule has 2 aromatic heterocycles. The molecule has 29 heavy (non-hydrogen) atoms. The van der Waals surface area contributed by atoms with E-state index in [1.165, 1.54) is 50.9 Å². The van der Waals surface area contributed by atoms with E-state index in [2.05, 4.69) is 36.9 Å². The molecule has 154 valence electrons. The van der Waals surface area contributed by atoms with Gasteiger partial charge in [-0.3, -0.25) is 4.79 Å². The fourth-order valence-electron chi connectivity index (χ4n) is 4.14. The summed E-state index contributed by atoms with van der Waals surface area (Å²) in [4.78, 5) is 15.7. The topological polar surface area (TPSA) is 24.7 Å². The molecule has 0 amide bonds. The Hall–Kier alpha value is -2.39. The van der Waals surface area contributed by atoms with Crippen molar-refractivity contribution in [2.45, 2.75) is 52.9 Å². The molecule has 0 fully saturated rings. The predicted octanol–water partition coefficient (Wildman–Crippen LogP) is 5.92. The summed E-state index contributed by atoms with van der Waals surface area (Å²) in [6, 6.07) is 16.3. The second-order valence-corrected chi connectivity index (χ2v) is 8.00. The molecule has 0 bridgehead atoms. The fourth-order valence-corrected chi connectivity index (χ4v) is 4.14. The van der Waals surface area contributed by atoms with Crippen LogP contribution < -0.4 is 0 Å². The van der Waals surface area contributed by atoms with Gasteiger partial charge in [0.05, 0.1) is 5.69 Å². The first kappa shape index (κ1) is 21.3. The van der Waals surface area contributed by atoms with Gasteiger partial charge < -0.3 is 9.30 Å². The molecule has 3 aromatic rings. The van der Waals surface area contributed by atoms with Crippen LogP contribution in [0.2, 0.25) is 0 Å². The molecule has 0 unspecified atom stereocenters. The van der Waals surface area contributed by atoms with E-state index in [0.29, 0.717) is 0 Å². The minimum Gasteiger partial charge on any atom is -0.313 e. The maximum Gasteiger partial charge on any atom is 0.210 e. The molecule has 3 rings (SSSR count). The van der Waals surface area contributed by atoms with Crippen LogP contribution in [-0.4, -0.2) is 34.7 Å². The van der Waals surface area contributed by atoms with Gasteiger partial charge in [-0.15, -0.1) is 0 Å². The van der Waals surface area contributed by atoms with Gasteiger partial charge in [-0.05, 0) is 88.0 Å². The van der Waals surface area contributed by atoms with Crippen LogP contribution in [0.4, 0.5) is 0 Å². The van der Waals surface area contributed by atoms with Crippen molar-refractivity contribution in [1.82, 2.24) is 9.30 Å².